The zero-order valence-corrected chi connectivity index (χ0v) is 13.5. The average molecular weight is 284 g/mol. The maximum Gasteiger partial charge on any atom is -0.00242 e. The Labute approximate surface area is 125 Å². The minimum atomic E-state index is -1.24. The van der Waals surface area contributed by atoms with E-state index in [-0.39, 0.29) is 0 Å². The second-order valence-corrected chi connectivity index (χ2v) is 8.07. The van der Waals surface area contributed by atoms with Crippen molar-refractivity contribution in [3.63, 3.8) is 0 Å². The van der Waals surface area contributed by atoms with Crippen molar-refractivity contribution in [1.82, 2.24) is 0 Å². The summed E-state index contributed by atoms with van der Waals surface area (Å²) in [6, 6.07) is 10.6. The molecule has 106 valence electrons. The Morgan fingerprint density at radius 3 is 2.35 bits per heavy atom. The van der Waals surface area contributed by atoms with Crippen LogP contribution < -0.4 is 0 Å². The van der Waals surface area contributed by atoms with E-state index in [1.54, 1.807) is 6.08 Å². The third-order valence-corrected chi connectivity index (χ3v) is 7.15. The van der Waals surface area contributed by atoms with Crippen LogP contribution in [-0.4, -0.2) is 6.26 Å². The van der Waals surface area contributed by atoms with E-state index in [4.69, 9.17) is 0 Å². The van der Waals surface area contributed by atoms with Gasteiger partial charge in [-0.05, 0) is 46.9 Å². The molecule has 1 atom stereocenters. The Balaban J connectivity index is 3.37. The molecular formula is C19H24S. The van der Waals surface area contributed by atoms with Crippen LogP contribution in [0.1, 0.15) is 13.8 Å². The minimum absolute atomic E-state index is 1.14. The first-order valence-corrected chi connectivity index (χ1v) is 8.72. The standard InChI is InChI=1S/C19H24S/c1-6-8-13-17(3)20(5,18(4)14-9-7-2)19-15-11-10-12-16-19/h6-16H,1,3H2,2,4-5H3/b9-7-,13-8-,18-14+. The fraction of sp³-hybridized carbons (Fsp3) is 0.158. The van der Waals surface area contributed by atoms with E-state index in [1.165, 1.54) is 9.80 Å². The minimum Gasteiger partial charge on any atom is -0.168 e. The molecule has 0 nitrogen and oxygen atoms in total. The summed E-state index contributed by atoms with van der Waals surface area (Å²) in [6.45, 7) is 12.3. The molecule has 1 unspecified atom stereocenters. The summed E-state index contributed by atoms with van der Waals surface area (Å²) >= 11 is 0. The smallest absolute Gasteiger partial charge is 0.00242 e. The fourth-order valence-electron chi connectivity index (χ4n) is 1.92. The van der Waals surface area contributed by atoms with Crippen LogP contribution in [0, 0.1) is 0 Å². The quantitative estimate of drug-likeness (QED) is 0.544. The Kier molecular flexibility index (Phi) is 6.33. The Hall–Kier alpha value is -1.73. The SMILES string of the molecule is C=C/C=C\C(=C)S(C)(/C(C)=C/C=C\C)c1ccccc1. The monoisotopic (exact) mass is 284 g/mol. The second-order valence-electron chi connectivity index (χ2n) is 4.60. The van der Waals surface area contributed by atoms with Gasteiger partial charge in [-0.2, -0.15) is 10.0 Å². The number of hydrogen-bond acceptors (Lipinski definition) is 0. The molecule has 0 aliphatic carbocycles. The molecule has 0 spiro atoms. The van der Waals surface area contributed by atoms with Gasteiger partial charge in [0.2, 0.25) is 0 Å². The first kappa shape index (κ1) is 16.3. The lowest BCUT2D eigenvalue weighted by molar-refractivity contribution is 1.42. The highest BCUT2D eigenvalue weighted by atomic mass is 32.3. The van der Waals surface area contributed by atoms with Crippen LogP contribution in [0.25, 0.3) is 0 Å². The van der Waals surface area contributed by atoms with Crippen molar-refractivity contribution in [1.29, 1.82) is 0 Å². The van der Waals surface area contributed by atoms with Crippen molar-refractivity contribution in [2.24, 2.45) is 0 Å². The number of benzene rings is 1. The van der Waals surface area contributed by atoms with Gasteiger partial charge in [0.25, 0.3) is 0 Å². The van der Waals surface area contributed by atoms with E-state index < -0.39 is 10.0 Å². The molecule has 1 aromatic carbocycles. The second kappa shape index (κ2) is 7.76. The summed E-state index contributed by atoms with van der Waals surface area (Å²) < 4.78 is 0. The summed E-state index contributed by atoms with van der Waals surface area (Å²) in [5, 5.41) is 0. The average Bonchev–Trinajstić information content (AvgIpc) is 2.50. The van der Waals surface area contributed by atoms with E-state index in [2.05, 4.69) is 81.0 Å². The molecule has 0 bridgehead atoms. The van der Waals surface area contributed by atoms with Crippen molar-refractivity contribution >= 4 is 10.0 Å². The highest BCUT2D eigenvalue weighted by Gasteiger charge is 2.24. The zero-order chi connectivity index (χ0) is 15.0. The van der Waals surface area contributed by atoms with Gasteiger partial charge in [-0.3, -0.25) is 0 Å². The van der Waals surface area contributed by atoms with Crippen LogP contribution in [0.3, 0.4) is 0 Å². The van der Waals surface area contributed by atoms with Gasteiger partial charge < -0.3 is 0 Å². The maximum atomic E-state index is 4.31. The summed E-state index contributed by atoms with van der Waals surface area (Å²) in [5.41, 5.74) is 0. The van der Waals surface area contributed by atoms with Crippen molar-refractivity contribution in [2.45, 2.75) is 18.7 Å². The van der Waals surface area contributed by atoms with Crippen LogP contribution in [-0.2, 0) is 0 Å². The van der Waals surface area contributed by atoms with Crippen LogP contribution >= 0.6 is 10.0 Å². The van der Waals surface area contributed by atoms with Crippen LogP contribution in [0.2, 0.25) is 0 Å². The molecular weight excluding hydrogens is 260 g/mol. The third-order valence-electron chi connectivity index (χ3n) is 3.32. The fourth-order valence-corrected chi connectivity index (χ4v) is 4.41. The first-order valence-electron chi connectivity index (χ1n) is 6.68. The molecule has 1 heteroatoms. The van der Waals surface area contributed by atoms with Gasteiger partial charge in [0.05, 0.1) is 0 Å². The molecule has 0 amide bonds. The highest BCUT2D eigenvalue weighted by molar-refractivity contribution is 8.39. The molecule has 0 aliphatic heterocycles. The predicted octanol–water partition coefficient (Wildman–Crippen LogP) is 6.22. The van der Waals surface area contributed by atoms with E-state index in [9.17, 15) is 0 Å². The van der Waals surface area contributed by atoms with Crippen molar-refractivity contribution in [3.8, 4) is 0 Å². The molecule has 0 radical (unpaired) electrons. The zero-order valence-electron chi connectivity index (χ0n) is 12.7. The molecule has 1 rings (SSSR count). The van der Waals surface area contributed by atoms with E-state index >= 15 is 0 Å². The summed E-state index contributed by atoms with van der Waals surface area (Å²) in [4.78, 5) is 3.82. The lowest BCUT2D eigenvalue weighted by atomic mass is 10.4. The third kappa shape index (κ3) is 3.64. The van der Waals surface area contributed by atoms with Gasteiger partial charge in [0.1, 0.15) is 0 Å². The molecule has 1 aromatic rings. The lowest BCUT2D eigenvalue weighted by Gasteiger charge is -2.38. The van der Waals surface area contributed by atoms with Crippen molar-refractivity contribution < 1.29 is 0 Å². The van der Waals surface area contributed by atoms with Gasteiger partial charge >= 0.3 is 0 Å². The molecule has 0 fully saturated rings. The largest absolute Gasteiger partial charge is 0.168 e. The lowest BCUT2D eigenvalue weighted by Crippen LogP contribution is -2.02. The molecule has 0 heterocycles. The molecule has 0 saturated carbocycles. The highest BCUT2D eigenvalue weighted by Crippen LogP contribution is 2.64. The molecule has 0 saturated heterocycles. The number of hydrogen-bond donors (Lipinski definition) is 0. The topological polar surface area (TPSA) is 0 Å². The van der Waals surface area contributed by atoms with E-state index in [0.29, 0.717) is 0 Å². The Bertz CT molecular complexity index is 546. The Morgan fingerprint density at radius 2 is 1.80 bits per heavy atom. The van der Waals surface area contributed by atoms with Gasteiger partial charge in [-0.1, -0.05) is 67.8 Å². The van der Waals surface area contributed by atoms with Crippen LogP contribution in [0.5, 0.6) is 0 Å². The van der Waals surface area contributed by atoms with E-state index in [1.807, 2.05) is 13.0 Å². The van der Waals surface area contributed by atoms with Crippen molar-refractivity contribution in [2.75, 3.05) is 6.26 Å². The summed E-state index contributed by atoms with van der Waals surface area (Å²) in [6.07, 6.45) is 14.5. The molecule has 20 heavy (non-hydrogen) atoms. The first-order chi connectivity index (χ1) is 9.57. The van der Waals surface area contributed by atoms with Crippen LogP contribution in [0.15, 0.2) is 94.7 Å². The normalized spacial score (nSPS) is 17.1. The van der Waals surface area contributed by atoms with E-state index in [0.717, 1.165) is 4.91 Å². The summed E-state index contributed by atoms with van der Waals surface area (Å²) in [5.74, 6) is 0. The van der Waals surface area contributed by atoms with Gasteiger partial charge in [0.15, 0.2) is 0 Å². The maximum absolute atomic E-state index is 4.31. The number of rotatable bonds is 6. The summed E-state index contributed by atoms with van der Waals surface area (Å²) in [7, 11) is -1.24. The van der Waals surface area contributed by atoms with Crippen molar-refractivity contribution in [3.05, 3.63) is 89.8 Å². The predicted molar refractivity (Wildman–Crippen MR) is 95.3 cm³/mol. The Morgan fingerprint density at radius 1 is 1.15 bits per heavy atom. The molecule has 0 aliphatic rings. The van der Waals surface area contributed by atoms with Gasteiger partial charge in [0, 0.05) is 0 Å². The molecule has 0 aromatic heterocycles. The van der Waals surface area contributed by atoms with Gasteiger partial charge in [-0.15, -0.1) is 0 Å². The molecule has 0 N–H and O–H groups in total. The van der Waals surface area contributed by atoms with Gasteiger partial charge in [-0.25, -0.2) is 0 Å². The van der Waals surface area contributed by atoms with Crippen LogP contribution in [0.4, 0.5) is 0 Å². The number of allylic oxidation sites excluding steroid dienone is 7.